The summed E-state index contributed by atoms with van der Waals surface area (Å²) >= 11 is 0. The number of aromatic nitrogens is 2. The van der Waals surface area contributed by atoms with E-state index in [1.54, 1.807) is 47.0 Å². The topological polar surface area (TPSA) is 74.8 Å². The Morgan fingerprint density at radius 1 is 1.11 bits per heavy atom. The lowest BCUT2D eigenvalue weighted by Crippen LogP contribution is -1.96. The molecule has 2 N–H and O–H groups in total. The highest BCUT2D eigenvalue weighted by molar-refractivity contribution is 5.94. The van der Waals surface area contributed by atoms with Crippen molar-refractivity contribution in [1.29, 1.82) is 0 Å². The van der Waals surface area contributed by atoms with Crippen molar-refractivity contribution in [3.63, 3.8) is 0 Å². The molecule has 0 radical (unpaired) electrons. The van der Waals surface area contributed by atoms with E-state index in [1.807, 2.05) is 6.07 Å². The Hall–Kier alpha value is -2.82. The molecular weight excluding hydrogens is 244 g/mol. The number of fused-ring (bicyclic) bond motifs is 1. The Labute approximate surface area is 108 Å². The van der Waals surface area contributed by atoms with E-state index in [1.165, 1.54) is 0 Å². The molecule has 19 heavy (non-hydrogen) atoms. The fourth-order valence-electron chi connectivity index (χ4n) is 2.01. The van der Waals surface area contributed by atoms with E-state index in [0.717, 1.165) is 5.56 Å². The molecule has 0 saturated carbocycles. The van der Waals surface area contributed by atoms with Gasteiger partial charge in [-0.3, -0.25) is 4.40 Å². The van der Waals surface area contributed by atoms with Crippen LogP contribution in [0.15, 0.2) is 48.7 Å². The number of aromatic carboxylic acids is 1. The molecule has 0 fully saturated rings. The smallest absolute Gasteiger partial charge is 0.356 e. The Morgan fingerprint density at radius 3 is 2.53 bits per heavy atom. The van der Waals surface area contributed by atoms with Crippen LogP contribution >= 0.6 is 0 Å². The second-order valence-electron chi connectivity index (χ2n) is 4.09. The standard InChI is InChI=1S/C14H10N2O3/c17-10-6-4-9(5-7-10)13-15-12(14(18)19)11-3-1-2-8-16(11)13/h1-8,17H,(H,18,19). The SMILES string of the molecule is O=C(O)c1nc(-c2ccc(O)cc2)n2ccccc12. The van der Waals surface area contributed by atoms with E-state index in [-0.39, 0.29) is 11.4 Å². The number of carboxylic acid groups (broad SMARTS) is 1. The van der Waals surface area contributed by atoms with E-state index in [0.29, 0.717) is 11.3 Å². The number of nitrogens with zero attached hydrogens (tertiary/aromatic N) is 2. The summed E-state index contributed by atoms with van der Waals surface area (Å²) in [7, 11) is 0. The Bertz CT molecular complexity index is 760. The van der Waals surface area contributed by atoms with Gasteiger partial charge in [-0.15, -0.1) is 0 Å². The summed E-state index contributed by atoms with van der Waals surface area (Å²) in [5.74, 6) is -0.371. The van der Waals surface area contributed by atoms with Gasteiger partial charge in [0, 0.05) is 11.8 Å². The van der Waals surface area contributed by atoms with Crippen LogP contribution in [0.2, 0.25) is 0 Å². The number of phenolic OH excluding ortho intramolecular Hbond substituents is 1. The third-order valence-electron chi connectivity index (χ3n) is 2.88. The second-order valence-corrected chi connectivity index (χ2v) is 4.09. The maximum absolute atomic E-state index is 11.2. The van der Waals surface area contributed by atoms with Gasteiger partial charge in [0.1, 0.15) is 11.6 Å². The van der Waals surface area contributed by atoms with Crippen LogP contribution in [0.5, 0.6) is 5.75 Å². The minimum atomic E-state index is -1.06. The Balaban J connectivity index is 2.29. The summed E-state index contributed by atoms with van der Waals surface area (Å²) in [5.41, 5.74) is 1.30. The highest BCUT2D eigenvalue weighted by atomic mass is 16.4. The number of benzene rings is 1. The monoisotopic (exact) mass is 254 g/mol. The number of imidazole rings is 1. The molecule has 5 nitrogen and oxygen atoms in total. The van der Waals surface area contributed by atoms with E-state index in [9.17, 15) is 15.0 Å². The van der Waals surface area contributed by atoms with Crippen molar-refractivity contribution in [1.82, 2.24) is 9.38 Å². The molecule has 0 aliphatic carbocycles. The van der Waals surface area contributed by atoms with Gasteiger partial charge in [0.05, 0.1) is 5.52 Å². The quantitative estimate of drug-likeness (QED) is 0.736. The second kappa shape index (κ2) is 4.13. The van der Waals surface area contributed by atoms with E-state index < -0.39 is 5.97 Å². The minimum Gasteiger partial charge on any atom is -0.508 e. The van der Waals surface area contributed by atoms with Crippen molar-refractivity contribution < 1.29 is 15.0 Å². The van der Waals surface area contributed by atoms with Crippen molar-refractivity contribution in [2.45, 2.75) is 0 Å². The maximum atomic E-state index is 11.2. The molecule has 0 aliphatic heterocycles. The van der Waals surface area contributed by atoms with Crippen molar-refractivity contribution in [2.24, 2.45) is 0 Å². The fraction of sp³-hybridized carbons (Fsp3) is 0. The summed E-state index contributed by atoms with van der Waals surface area (Å²) in [5, 5.41) is 18.5. The van der Waals surface area contributed by atoms with Crippen LogP contribution < -0.4 is 0 Å². The Morgan fingerprint density at radius 2 is 1.84 bits per heavy atom. The molecule has 0 aliphatic rings. The number of aromatic hydroxyl groups is 1. The number of phenols is 1. The molecule has 3 rings (SSSR count). The van der Waals surface area contributed by atoms with Crippen LogP contribution in [0.3, 0.4) is 0 Å². The van der Waals surface area contributed by atoms with Crippen LogP contribution in [0.4, 0.5) is 0 Å². The normalized spacial score (nSPS) is 10.7. The van der Waals surface area contributed by atoms with Crippen molar-refractivity contribution in [3.05, 3.63) is 54.4 Å². The molecule has 0 saturated heterocycles. The van der Waals surface area contributed by atoms with Gasteiger partial charge in [0.25, 0.3) is 0 Å². The minimum absolute atomic E-state index is 0.0173. The zero-order chi connectivity index (χ0) is 13.4. The van der Waals surface area contributed by atoms with Crippen molar-refractivity contribution in [2.75, 3.05) is 0 Å². The first-order valence-electron chi connectivity index (χ1n) is 5.66. The molecule has 2 aromatic heterocycles. The van der Waals surface area contributed by atoms with E-state index in [2.05, 4.69) is 4.98 Å². The number of rotatable bonds is 2. The molecule has 0 unspecified atom stereocenters. The first kappa shape index (κ1) is 11.3. The molecular formula is C14H10N2O3. The summed E-state index contributed by atoms with van der Waals surface area (Å²) in [6.45, 7) is 0. The molecule has 0 bridgehead atoms. The first-order chi connectivity index (χ1) is 9.16. The van der Waals surface area contributed by atoms with Gasteiger partial charge in [-0.1, -0.05) is 6.07 Å². The van der Waals surface area contributed by atoms with Gasteiger partial charge in [-0.05, 0) is 36.4 Å². The van der Waals surface area contributed by atoms with Gasteiger partial charge in [-0.25, -0.2) is 9.78 Å². The first-order valence-corrected chi connectivity index (χ1v) is 5.66. The lowest BCUT2D eigenvalue weighted by Gasteiger charge is -2.00. The number of hydrogen-bond donors (Lipinski definition) is 2. The van der Waals surface area contributed by atoms with Crippen LogP contribution in [0.25, 0.3) is 16.9 Å². The van der Waals surface area contributed by atoms with Gasteiger partial charge >= 0.3 is 5.97 Å². The van der Waals surface area contributed by atoms with E-state index in [4.69, 9.17) is 0 Å². The average Bonchev–Trinajstić information content (AvgIpc) is 2.79. The van der Waals surface area contributed by atoms with Gasteiger partial charge in [0.15, 0.2) is 5.69 Å². The Kier molecular flexibility index (Phi) is 2.45. The lowest BCUT2D eigenvalue weighted by atomic mass is 10.2. The molecule has 3 aromatic rings. The summed E-state index contributed by atoms with van der Waals surface area (Å²) in [6, 6.07) is 11.8. The molecule has 0 amide bonds. The van der Waals surface area contributed by atoms with Gasteiger partial charge in [-0.2, -0.15) is 0 Å². The summed E-state index contributed by atoms with van der Waals surface area (Å²) < 4.78 is 1.72. The van der Waals surface area contributed by atoms with Crippen molar-refractivity contribution in [3.8, 4) is 17.1 Å². The van der Waals surface area contributed by atoms with Crippen LogP contribution in [0.1, 0.15) is 10.5 Å². The lowest BCUT2D eigenvalue weighted by molar-refractivity contribution is 0.0693. The summed E-state index contributed by atoms with van der Waals surface area (Å²) in [4.78, 5) is 15.4. The fourth-order valence-corrected chi connectivity index (χ4v) is 2.01. The van der Waals surface area contributed by atoms with Crippen LogP contribution in [-0.2, 0) is 0 Å². The zero-order valence-electron chi connectivity index (χ0n) is 9.82. The zero-order valence-corrected chi connectivity index (χ0v) is 9.82. The van der Waals surface area contributed by atoms with Gasteiger partial charge in [0.2, 0.25) is 0 Å². The predicted molar refractivity (Wildman–Crippen MR) is 69.3 cm³/mol. The molecule has 1 aromatic carbocycles. The summed E-state index contributed by atoms with van der Waals surface area (Å²) in [6.07, 6.45) is 1.76. The molecule has 94 valence electrons. The molecule has 0 atom stereocenters. The number of carboxylic acids is 1. The molecule has 2 heterocycles. The highest BCUT2D eigenvalue weighted by Gasteiger charge is 2.16. The average molecular weight is 254 g/mol. The van der Waals surface area contributed by atoms with E-state index >= 15 is 0 Å². The highest BCUT2D eigenvalue weighted by Crippen LogP contribution is 2.24. The van der Waals surface area contributed by atoms with Crippen LogP contribution in [0, 0.1) is 0 Å². The van der Waals surface area contributed by atoms with Gasteiger partial charge < -0.3 is 10.2 Å². The molecule has 0 spiro atoms. The third kappa shape index (κ3) is 1.81. The largest absolute Gasteiger partial charge is 0.508 e. The third-order valence-corrected chi connectivity index (χ3v) is 2.88. The number of pyridine rings is 1. The number of hydrogen-bond acceptors (Lipinski definition) is 3. The van der Waals surface area contributed by atoms with Crippen LogP contribution in [-0.4, -0.2) is 25.6 Å². The predicted octanol–water partition coefficient (Wildman–Crippen LogP) is 2.41. The molecule has 5 heteroatoms. The number of carbonyl (C=O) groups is 1. The van der Waals surface area contributed by atoms with Crippen molar-refractivity contribution >= 4 is 11.5 Å². The maximum Gasteiger partial charge on any atom is 0.356 e.